The second kappa shape index (κ2) is 8.19. The molecule has 1 aromatic rings. The number of hydrogen-bond donors (Lipinski definition) is 1. The smallest absolute Gasteiger partial charge is 0.225 e. The van der Waals surface area contributed by atoms with Gasteiger partial charge in [-0.25, -0.2) is 0 Å². The number of nitrogens with zero attached hydrogens (tertiary/aromatic N) is 1. The minimum Gasteiger partial charge on any atom is -0.497 e. The summed E-state index contributed by atoms with van der Waals surface area (Å²) in [6.07, 6.45) is 0.435. The Hall–Kier alpha value is -1.34. The van der Waals surface area contributed by atoms with Gasteiger partial charge < -0.3 is 14.8 Å². The van der Waals surface area contributed by atoms with E-state index < -0.39 is 0 Å². The Bertz CT molecular complexity index is 535. The molecule has 1 amide bonds. The maximum absolute atomic E-state index is 12.0. The number of amides is 1. The van der Waals surface area contributed by atoms with Crippen molar-refractivity contribution in [3.05, 3.63) is 18.2 Å². The number of carbonyl (C=O) groups is 1. The molecule has 0 unspecified atom stereocenters. The van der Waals surface area contributed by atoms with E-state index in [4.69, 9.17) is 9.47 Å². The van der Waals surface area contributed by atoms with E-state index in [0.717, 1.165) is 22.4 Å². The molecule has 1 heterocycles. The van der Waals surface area contributed by atoms with Crippen LogP contribution >= 0.6 is 23.5 Å². The maximum atomic E-state index is 12.0. The van der Waals surface area contributed by atoms with Crippen LogP contribution in [0, 0.1) is 0 Å². The molecule has 0 saturated carbocycles. The number of rotatable bonds is 6. The van der Waals surface area contributed by atoms with Crippen LogP contribution in [0.3, 0.4) is 0 Å². The van der Waals surface area contributed by atoms with Gasteiger partial charge in [0.2, 0.25) is 5.91 Å². The predicted octanol–water partition coefficient (Wildman–Crippen LogP) is 2.87. The van der Waals surface area contributed by atoms with Gasteiger partial charge in [-0.2, -0.15) is 0 Å². The summed E-state index contributed by atoms with van der Waals surface area (Å²) < 4.78 is 11.5. The van der Waals surface area contributed by atoms with Gasteiger partial charge in [0.05, 0.1) is 26.5 Å². The molecule has 1 aliphatic heterocycles. The zero-order valence-corrected chi connectivity index (χ0v) is 13.7. The lowest BCUT2D eigenvalue weighted by atomic mass is 10.2. The minimum atomic E-state index is -0.0438. The molecule has 0 fully saturated rings. The Balaban J connectivity index is 1.86. The minimum absolute atomic E-state index is 0.0438. The molecule has 21 heavy (non-hydrogen) atoms. The topological polar surface area (TPSA) is 59.9 Å². The van der Waals surface area contributed by atoms with E-state index >= 15 is 0 Å². The quantitative estimate of drug-likeness (QED) is 0.871. The zero-order valence-electron chi connectivity index (χ0n) is 12.0. The molecular formula is C14H18N2O3S2. The summed E-state index contributed by atoms with van der Waals surface area (Å²) >= 11 is 3.39. The number of aliphatic imine (C=N–C) groups is 1. The molecule has 5 nitrogen and oxygen atoms in total. The fraction of sp³-hybridized carbons (Fsp3) is 0.429. The Labute approximate surface area is 132 Å². The number of methoxy groups -OCH3 is 2. The lowest BCUT2D eigenvalue weighted by Gasteiger charge is -2.11. The van der Waals surface area contributed by atoms with Crippen LogP contribution in [-0.2, 0) is 4.79 Å². The Kier molecular flexibility index (Phi) is 6.25. The number of anilines is 1. The summed E-state index contributed by atoms with van der Waals surface area (Å²) in [5, 5.41) is 2.86. The number of nitrogens with one attached hydrogen (secondary N) is 1. The molecule has 114 valence electrons. The lowest BCUT2D eigenvalue weighted by molar-refractivity contribution is -0.115. The van der Waals surface area contributed by atoms with E-state index in [9.17, 15) is 4.79 Å². The van der Waals surface area contributed by atoms with Crippen LogP contribution in [0.25, 0.3) is 0 Å². The van der Waals surface area contributed by atoms with Crippen molar-refractivity contribution in [2.75, 3.05) is 37.6 Å². The fourth-order valence-corrected chi connectivity index (χ4v) is 3.78. The second-order valence-electron chi connectivity index (χ2n) is 4.21. The molecule has 0 aliphatic carbocycles. The van der Waals surface area contributed by atoms with Crippen LogP contribution in [0.2, 0.25) is 0 Å². The zero-order chi connectivity index (χ0) is 15.1. The van der Waals surface area contributed by atoms with Crippen molar-refractivity contribution in [1.29, 1.82) is 0 Å². The average molecular weight is 326 g/mol. The van der Waals surface area contributed by atoms with Crippen molar-refractivity contribution < 1.29 is 14.3 Å². The third-order valence-electron chi connectivity index (χ3n) is 2.79. The first kappa shape index (κ1) is 16.0. The van der Waals surface area contributed by atoms with Crippen LogP contribution in [0.1, 0.15) is 6.42 Å². The Morgan fingerprint density at radius 3 is 2.95 bits per heavy atom. The van der Waals surface area contributed by atoms with Gasteiger partial charge in [-0.3, -0.25) is 9.79 Å². The molecular weight excluding hydrogens is 308 g/mol. The predicted molar refractivity (Wildman–Crippen MR) is 90.0 cm³/mol. The molecule has 0 radical (unpaired) electrons. The highest BCUT2D eigenvalue weighted by atomic mass is 32.2. The third kappa shape index (κ3) is 4.86. The molecule has 1 aliphatic rings. The first-order valence-corrected chi connectivity index (χ1v) is 8.52. The highest BCUT2D eigenvalue weighted by Crippen LogP contribution is 2.29. The summed E-state index contributed by atoms with van der Waals surface area (Å²) in [6.45, 7) is 0.889. The van der Waals surface area contributed by atoms with E-state index in [-0.39, 0.29) is 5.91 Å². The molecule has 0 spiro atoms. The Morgan fingerprint density at radius 2 is 2.29 bits per heavy atom. The van der Waals surface area contributed by atoms with Crippen LogP contribution < -0.4 is 14.8 Å². The molecule has 2 rings (SSSR count). The number of thioether (sulfide) groups is 2. The third-order valence-corrected chi connectivity index (χ3v) is 5.05. The monoisotopic (exact) mass is 326 g/mol. The molecule has 0 aromatic heterocycles. The SMILES string of the molecule is COc1ccc(OC)c(NC(=O)CCSC2=NCCS2)c1. The average Bonchev–Trinajstić information content (AvgIpc) is 3.00. The van der Waals surface area contributed by atoms with Crippen molar-refractivity contribution in [3.63, 3.8) is 0 Å². The van der Waals surface area contributed by atoms with Crippen molar-refractivity contribution >= 4 is 39.5 Å². The van der Waals surface area contributed by atoms with E-state index in [2.05, 4.69) is 10.3 Å². The molecule has 1 aromatic carbocycles. The summed E-state index contributed by atoms with van der Waals surface area (Å²) in [5.74, 6) is 3.03. The largest absolute Gasteiger partial charge is 0.497 e. The standard InChI is InChI=1S/C14H18N2O3S2/c1-18-10-3-4-12(19-2)11(9-10)16-13(17)5-7-20-14-15-6-8-21-14/h3-4,9H,5-8H2,1-2H3,(H,16,17). The summed E-state index contributed by atoms with van der Waals surface area (Å²) in [5.41, 5.74) is 0.624. The van der Waals surface area contributed by atoms with Crippen molar-refractivity contribution in [3.8, 4) is 11.5 Å². The fourth-order valence-electron chi connectivity index (χ4n) is 1.76. The summed E-state index contributed by atoms with van der Waals surface area (Å²) in [6, 6.07) is 5.31. The van der Waals surface area contributed by atoms with Crippen LogP contribution in [0.4, 0.5) is 5.69 Å². The van der Waals surface area contributed by atoms with E-state index in [0.29, 0.717) is 23.6 Å². The molecule has 0 saturated heterocycles. The number of hydrogen-bond acceptors (Lipinski definition) is 6. The van der Waals surface area contributed by atoms with E-state index in [1.807, 2.05) is 0 Å². The highest BCUT2D eigenvalue weighted by Gasteiger charge is 2.11. The number of ether oxygens (including phenoxy) is 2. The molecule has 1 N–H and O–H groups in total. The van der Waals surface area contributed by atoms with Gasteiger partial charge >= 0.3 is 0 Å². The molecule has 7 heteroatoms. The normalized spacial score (nSPS) is 13.7. The van der Waals surface area contributed by atoms with Gasteiger partial charge in [-0.05, 0) is 12.1 Å². The van der Waals surface area contributed by atoms with Crippen molar-refractivity contribution in [2.45, 2.75) is 6.42 Å². The van der Waals surface area contributed by atoms with Gasteiger partial charge in [0.1, 0.15) is 15.9 Å². The van der Waals surface area contributed by atoms with Crippen molar-refractivity contribution in [1.82, 2.24) is 0 Å². The van der Waals surface area contributed by atoms with Crippen LogP contribution in [0.15, 0.2) is 23.2 Å². The highest BCUT2D eigenvalue weighted by molar-refractivity contribution is 8.39. The van der Waals surface area contributed by atoms with Gasteiger partial charge in [0.15, 0.2) is 0 Å². The Morgan fingerprint density at radius 1 is 1.43 bits per heavy atom. The van der Waals surface area contributed by atoms with Gasteiger partial charge in [0, 0.05) is 24.0 Å². The number of benzene rings is 1. The van der Waals surface area contributed by atoms with Gasteiger partial charge in [0.25, 0.3) is 0 Å². The van der Waals surface area contributed by atoms with Crippen LogP contribution in [0.5, 0.6) is 11.5 Å². The lowest BCUT2D eigenvalue weighted by Crippen LogP contribution is -2.13. The maximum Gasteiger partial charge on any atom is 0.225 e. The molecule has 0 atom stereocenters. The van der Waals surface area contributed by atoms with Gasteiger partial charge in [-0.15, -0.1) is 0 Å². The first-order valence-electron chi connectivity index (χ1n) is 6.55. The second-order valence-corrected chi connectivity index (χ2v) is 6.63. The number of carbonyl (C=O) groups excluding carboxylic acids is 1. The first-order chi connectivity index (χ1) is 10.2. The van der Waals surface area contributed by atoms with Crippen molar-refractivity contribution in [2.24, 2.45) is 4.99 Å². The van der Waals surface area contributed by atoms with Crippen LogP contribution in [-0.4, -0.2) is 42.6 Å². The molecule has 0 bridgehead atoms. The summed E-state index contributed by atoms with van der Waals surface area (Å²) in [7, 11) is 3.16. The van der Waals surface area contributed by atoms with Gasteiger partial charge in [-0.1, -0.05) is 23.5 Å². The summed E-state index contributed by atoms with van der Waals surface area (Å²) in [4.78, 5) is 16.3. The van der Waals surface area contributed by atoms with E-state index in [1.165, 1.54) is 0 Å². The van der Waals surface area contributed by atoms with E-state index in [1.54, 1.807) is 55.9 Å².